The fourth-order valence-corrected chi connectivity index (χ4v) is 1.20. The maximum atomic E-state index is 11.3. The van der Waals surface area contributed by atoms with Gasteiger partial charge < -0.3 is 9.84 Å². The smallest absolute Gasteiger partial charge is 0.416 e. The molecule has 1 fully saturated rings. The largest absolute Gasteiger partial charge is 0.480 e. The average Bonchev–Trinajstić information content (AvgIpc) is 2.26. The van der Waals surface area contributed by atoms with Gasteiger partial charge in [0.1, 0.15) is 12.6 Å². The van der Waals surface area contributed by atoms with E-state index in [0.717, 1.165) is 4.90 Å². The van der Waals surface area contributed by atoms with Crippen LogP contribution in [0.1, 0.15) is 0 Å². The van der Waals surface area contributed by atoms with E-state index in [2.05, 4.69) is 16.6 Å². The minimum atomic E-state index is -1.12. The summed E-state index contributed by atoms with van der Waals surface area (Å²) in [5, 5.41) is 11.2. The van der Waals surface area contributed by atoms with E-state index in [9.17, 15) is 14.4 Å². The Kier molecular flexibility index (Phi) is 4.01. The van der Waals surface area contributed by atoms with E-state index in [1.54, 1.807) is 0 Å². The second-order valence-corrected chi connectivity index (χ2v) is 3.14. The van der Waals surface area contributed by atoms with Gasteiger partial charge >= 0.3 is 12.1 Å². The van der Waals surface area contributed by atoms with Gasteiger partial charge in [0.05, 0.1) is 13.1 Å². The molecule has 1 aliphatic rings. The molecule has 0 aromatic rings. The molecular formula is C9H12N2O5. The zero-order chi connectivity index (χ0) is 12.1. The van der Waals surface area contributed by atoms with Crippen LogP contribution in [0, 0.1) is 0 Å². The van der Waals surface area contributed by atoms with Gasteiger partial charge in [-0.1, -0.05) is 12.7 Å². The second-order valence-electron chi connectivity index (χ2n) is 3.14. The summed E-state index contributed by atoms with van der Waals surface area (Å²) in [5.74, 6) is -1.62. The van der Waals surface area contributed by atoms with Gasteiger partial charge in [0.25, 0.3) is 0 Å². The number of carboxylic acid groups (broad SMARTS) is 1. The Labute approximate surface area is 91.7 Å². The van der Waals surface area contributed by atoms with Crippen molar-refractivity contribution in [3.63, 3.8) is 0 Å². The molecule has 1 rings (SSSR count). The molecule has 1 unspecified atom stereocenters. The molecule has 0 saturated carbocycles. The van der Waals surface area contributed by atoms with Gasteiger partial charge in [-0.25, -0.2) is 9.69 Å². The van der Waals surface area contributed by atoms with Gasteiger partial charge in [-0.3, -0.25) is 14.9 Å². The van der Waals surface area contributed by atoms with Crippen molar-refractivity contribution in [1.29, 1.82) is 0 Å². The van der Waals surface area contributed by atoms with Gasteiger partial charge in [0, 0.05) is 0 Å². The third kappa shape index (κ3) is 2.80. The normalized spacial score (nSPS) is 20.4. The van der Waals surface area contributed by atoms with Crippen molar-refractivity contribution >= 4 is 18.0 Å². The first-order valence-corrected chi connectivity index (χ1v) is 4.60. The van der Waals surface area contributed by atoms with Crippen molar-refractivity contribution in [1.82, 2.24) is 10.2 Å². The number of hydrogen-bond acceptors (Lipinski definition) is 5. The lowest BCUT2D eigenvalue weighted by Crippen LogP contribution is -2.58. The number of carbonyl (C=O) groups is 3. The summed E-state index contributed by atoms with van der Waals surface area (Å²) < 4.78 is 4.66. The molecule has 1 atom stereocenters. The molecule has 0 aromatic carbocycles. The van der Waals surface area contributed by atoms with Crippen LogP contribution < -0.4 is 5.32 Å². The highest BCUT2D eigenvalue weighted by atomic mass is 16.6. The van der Waals surface area contributed by atoms with Gasteiger partial charge in [-0.2, -0.15) is 0 Å². The van der Waals surface area contributed by atoms with Gasteiger partial charge in [-0.15, -0.1) is 0 Å². The Morgan fingerprint density at radius 2 is 2.38 bits per heavy atom. The molecule has 88 valence electrons. The van der Waals surface area contributed by atoms with E-state index in [4.69, 9.17) is 5.11 Å². The molecule has 7 heteroatoms. The summed E-state index contributed by atoms with van der Waals surface area (Å²) in [7, 11) is 0. The van der Waals surface area contributed by atoms with E-state index < -0.39 is 24.0 Å². The lowest BCUT2D eigenvalue weighted by atomic mass is 10.2. The zero-order valence-corrected chi connectivity index (χ0v) is 8.51. The first-order chi connectivity index (χ1) is 7.56. The summed E-state index contributed by atoms with van der Waals surface area (Å²) in [4.78, 5) is 34.1. The summed E-state index contributed by atoms with van der Waals surface area (Å²) in [6.45, 7) is 2.91. The molecule has 0 aromatic heterocycles. The fourth-order valence-electron chi connectivity index (χ4n) is 1.20. The SMILES string of the molecule is C=CCOC(=O)N1CC(C(=O)O)NCC1=O. The molecule has 7 nitrogen and oxygen atoms in total. The van der Waals surface area contributed by atoms with Crippen LogP contribution in [-0.4, -0.2) is 53.7 Å². The van der Waals surface area contributed by atoms with E-state index in [-0.39, 0.29) is 19.7 Å². The Balaban J connectivity index is 2.62. The van der Waals surface area contributed by atoms with Crippen molar-refractivity contribution in [2.75, 3.05) is 19.7 Å². The van der Waals surface area contributed by atoms with Gasteiger partial charge in [0.15, 0.2) is 0 Å². The minimum absolute atomic E-state index is 0.0201. The lowest BCUT2D eigenvalue weighted by molar-refractivity contribution is -0.143. The highest BCUT2D eigenvalue weighted by Gasteiger charge is 2.34. The number of aliphatic carboxylic acids is 1. The van der Waals surface area contributed by atoms with Crippen molar-refractivity contribution in [3.8, 4) is 0 Å². The highest BCUT2D eigenvalue weighted by Crippen LogP contribution is 2.03. The number of nitrogens with one attached hydrogen (secondary N) is 1. The number of ether oxygens (including phenoxy) is 1. The Bertz CT molecular complexity index is 328. The molecule has 2 amide bonds. The molecular weight excluding hydrogens is 216 g/mol. The van der Waals surface area contributed by atoms with Gasteiger partial charge in [0.2, 0.25) is 5.91 Å². The van der Waals surface area contributed by atoms with Crippen LogP contribution in [0.3, 0.4) is 0 Å². The minimum Gasteiger partial charge on any atom is -0.480 e. The summed E-state index contributed by atoms with van der Waals surface area (Å²) >= 11 is 0. The van der Waals surface area contributed by atoms with Crippen LogP contribution in [0.5, 0.6) is 0 Å². The van der Waals surface area contributed by atoms with Crippen molar-refractivity contribution in [2.24, 2.45) is 0 Å². The number of nitrogens with zero attached hydrogens (tertiary/aromatic N) is 1. The number of amides is 2. The molecule has 0 bridgehead atoms. The first-order valence-electron chi connectivity index (χ1n) is 4.60. The summed E-state index contributed by atoms with van der Waals surface area (Å²) in [6.07, 6.45) is 0.511. The van der Waals surface area contributed by atoms with E-state index in [1.807, 2.05) is 0 Å². The van der Waals surface area contributed by atoms with Gasteiger partial charge in [-0.05, 0) is 0 Å². The molecule has 2 N–H and O–H groups in total. The van der Waals surface area contributed by atoms with Crippen molar-refractivity contribution in [2.45, 2.75) is 6.04 Å². The number of carboxylic acids is 1. The van der Waals surface area contributed by atoms with Crippen LogP contribution in [0.15, 0.2) is 12.7 Å². The number of piperazine rings is 1. The van der Waals surface area contributed by atoms with Crippen LogP contribution in [0.2, 0.25) is 0 Å². The maximum Gasteiger partial charge on any atom is 0.416 e. The Hall–Kier alpha value is -1.89. The molecule has 16 heavy (non-hydrogen) atoms. The van der Waals surface area contributed by atoms with Crippen LogP contribution in [0.25, 0.3) is 0 Å². The molecule has 0 aliphatic carbocycles. The number of imide groups is 1. The number of rotatable bonds is 3. The fraction of sp³-hybridized carbons (Fsp3) is 0.444. The first kappa shape index (κ1) is 12.2. The molecule has 0 spiro atoms. The van der Waals surface area contributed by atoms with E-state index in [1.165, 1.54) is 6.08 Å². The molecule has 0 radical (unpaired) electrons. The standard InChI is InChI=1S/C9H12N2O5/c1-2-3-16-9(15)11-5-6(8(13)14)10-4-7(11)12/h2,6,10H,1,3-5H2,(H,13,14). The molecule has 1 aliphatic heterocycles. The monoisotopic (exact) mass is 228 g/mol. The van der Waals surface area contributed by atoms with Crippen LogP contribution in [-0.2, 0) is 14.3 Å². The predicted molar refractivity (Wildman–Crippen MR) is 52.7 cm³/mol. The number of carbonyl (C=O) groups excluding carboxylic acids is 2. The Morgan fingerprint density at radius 3 is 2.94 bits per heavy atom. The van der Waals surface area contributed by atoms with Crippen molar-refractivity contribution < 1.29 is 24.2 Å². The van der Waals surface area contributed by atoms with E-state index in [0.29, 0.717) is 0 Å². The lowest BCUT2D eigenvalue weighted by Gasteiger charge is -2.28. The molecule has 1 saturated heterocycles. The Morgan fingerprint density at radius 1 is 1.69 bits per heavy atom. The third-order valence-electron chi connectivity index (χ3n) is 2.01. The average molecular weight is 228 g/mol. The second kappa shape index (κ2) is 5.26. The van der Waals surface area contributed by atoms with Crippen LogP contribution >= 0.6 is 0 Å². The quantitative estimate of drug-likeness (QED) is 0.613. The zero-order valence-electron chi connectivity index (χ0n) is 8.51. The summed E-state index contributed by atoms with van der Waals surface area (Å²) in [5.41, 5.74) is 0. The van der Waals surface area contributed by atoms with Crippen molar-refractivity contribution in [3.05, 3.63) is 12.7 Å². The van der Waals surface area contributed by atoms with Crippen LogP contribution in [0.4, 0.5) is 4.79 Å². The number of hydrogen-bond donors (Lipinski definition) is 2. The topological polar surface area (TPSA) is 95.9 Å². The summed E-state index contributed by atoms with van der Waals surface area (Å²) in [6, 6.07) is -0.950. The third-order valence-corrected chi connectivity index (χ3v) is 2.01. The highest BCUT2D eigenvalue weighted by molar-refractivity contribution is 5.95. The van der Waals surface area contributed by atoms with E-state index >= 15 is 0 Å². The maximum absolute atomic E-state index is 11.3. The predicted octanol–water partition coefficient (Wildman–Crippen LogP) is -0.806. The molecule has 1 heterocycles.